The number of hydrogen-bond acceptors (Lipinski definition) is 5. The SMILES string of the molecule is COc1cc2c(c(CN(C)C)c1)C=C(C1=N[C@@H](C(=O)O)CS1)C2. The number of carboxylic acid groups (broad SMARTS) is 1. The second-order valence-corrected chi connectivity index (χ2v) is 7.05. The highest BCUT2D eigenvalue weighted by Crippen LogP contribution is 2.36. The lowest BCUT2D eigenvalue weighted by atomic mass is 10.0. The van der Waals surface area contributed by atoms with Gasteiger partial charge < -0.3 is 14.7 Å². The molecule has 0 radical (unpaired) electrons. The number of aliphatic carboxylic acids is 1. The Morgan fingerprint density at radius 3 is 2.87 bits per heavy atom. The summed E-state index contributed by atoms with van der Waals surface area (Å²) < 4.78 is 5.42. The van der Waals surface area contributed by atoms with E-state index in [0.29, 0.717) is 5.75 Å². The number of rotatable bonds is 5. The van der Waals surface area contributed by atoms with E-state index < -0.39 is 12.0 Å². The monoisotopic (exact) mass is 332 g/mol. The Labute approximate surface area is 140 Å². The van der Waals surface area contributed by atoms with E-state index in [1.165, 1.54) is 28.5 Å². The van der Waals surface area contributed by atoms with Gasteiger partial charge in [-0.1, -0.05) is 0 Å². The van der Waals surface area contributed by atoms with Crippen molar-refractivity contribution < 1.29 is 14.6 Å². The molecule has 0 aromatic heterocycles. The van der Waals surface area contributed by atoms with Gasteiger partial charge in [-0.25, -0.2) is 4.79 Å². The Kier molecular flexibility index (Phi) is 4.46. The summed E-state index contributed by atoms with van der Waals surface area (Å²) in [6.45, 7) is 0.834. The molecule has 5 nitrogen and oxygen atoms in total. The fourth-order valence-corrected chi connectivity index (χ4v) is 3.96. The summed E-state index contributed by atoms with van der Waals surface area (Å²) in [5.41, 5.74) is 4.77. The van der Waals surface area contributed by atoms with Crippen molar-refractivity contribution >= 4 is 28.9 Å². The molecular weight excluding hydrogens is 312 g/mol. The molecule has 0 spiro atoms. The molecule has 1 atom stereocenters. The average Bonchev–Trinajstić information content (AvgIpc) is 3.12. The Hall–Kier alpha value is -1.79. The highest BCUT2D eigenvalue weighted by Gasteiger charge is 2.29. The Balaban J connectivity index is 1.93. The van der Waals surface area contributed by atoms with Crippen LogP contribution in [0.4, 0.5) is 0 Å². The van der Waals surface area contributed by atoms with Gasteiger partial charge in [0.2, 0.25) is 0 Å². The van der Waals surface area contributed by atoms with Crippen LogP contribution < -0.4 is 4.74 Å². The predicted molar refractivity (Wildman–Crippen MR) is 93.4 cm³/mol. The van der Waals surface area contributed by atoms with Crippen LogP contribution in [0.5, 0.6) is 5.75 Å². The van der Waals surface area contributed by atoms with Crippen molar-refractivity contribution in [3.8, 4) is 5.75 Å². The molecule has 1 aliphatic heterocycles. The van der Waals surface area contributed by atoms with Gasteiger partial charge in [-0.3, -0.25) is 4.99 Å². The molecular formula is C17H20N2O3S. The third kappa shape index (κ3) is 3.28. The number of methoxy groups -OCH3 is 1. The number of carbonyl (C=O) groups is 1. The Morgan fingerprint density at radius 2 is 2.26 bits per heavy atom. The van der Waals surface area contributed by atoms with Crippen molar-refractivity contribution in [2.75, 3.05) is 27.0 Å². The number of ether oxygens (including phenoxy) is 1. The lowest BCUT2D eigenvalue weighted by molar-refractivity contribution is -0.137. The van der Waals surface area contributed by atoms with E-state index >= 15 is 0 Å². The number of fused-ring (bicyclic) bond motifs is 1. The van der Waals surface area contributed by atoms with Crippen molar-refractivity contribution in [1.29, 1.82) is 0 Å². The standard InChI is InChI=1S/C17H20N2O3S/c1-19(2)8-12-6-13(22-3)5-10-4-11(7-14(10)12)16-18-15(9-23-16)17(20)21/h5-7,15H,4,8-9H2,1-3H3,(H,20,21)/t15-/m1/s1. The minimum atomic E-state index is -0.849. The van der Waals surface area contributed by atoms with Gasteiger partial charge in [0.15, 0.2) is 6.04 Å². The minimum Gasteiger partial charge on any atom is -0.497 e. The van der Waals surface area contributed by atoms with E-state index in [2.05, 4.69) is 28.1 Å². The second kappa shape index (κ2) is 6.37. The number of nitrogens with zero attached hydrogens (tertiary/aromatic N) is 2. The van der Waals surface area contributed by atoms with Crippen LogP contribution in [-0.4, -0.2) is 54.0 Å². The Bertz CT molecular complexity index is 710. The van der Waals surface area contributed by atoms with Crippen LogP contribution in [0.1, 0.15) is 16.7 Å². The first-order chi connectivity index (χ1) is 11.0. The number of carboxylic acids is 1. The summed E-state index contributed by atoms with van der Waals surface area (Å²) in [4.78, 5) is 17.6. The van der Waals surface area contributed by atoms with Gasteiger partial charge in [-0.15, -0.1) is 11.8 Å². The first kappa shape index (κ1) is 16.1. The van der Waals surface area contributed by atoms with Gasteiger partial charge in [0.25, 0.3) is 0 Å². The quantitative estimate of drug-likeness (QED) is 0.896. The van der Waals surface area contributed by atoms with Crippen molar-refractivity contribution in [2.45, 2.75) is 19.0 Å². The van der Waals surface area contributed by atoms with Crippen LogP contribution in [0.15, 0.2) is 22.7 Å². The topological polar surface area (TPSA) is 62.1 Å². The molecule has 1 aromatic rings. The fraction of sp³-hybridized carbons (Fsp3) is 0.412. The van der Waals surface area contributed by atoms with Gasteiger partial charge in [0, 0.05) is 18.7 Å². The molecule has 3 rings (SSSR count). The molecule has 0 saturated carbocycles. The van der Waals surface area contributed by atoms with Gasteiger partial charge in [-0.05, 0) is 54.6 Å². The average molecular weight is 332 g/mol. The summed E-state index contributed by atoms with van der Waals surface area (Å²) >= 11 is 1.54. The second-order valence-electron chi connectivity index (χ2n) is 6.04. The molecule has 0 saturated heterocycles. The van der Waals surface area contributed by atoms with E-state index in [-0.39, 0.29) is 0 Å². The largest absolute Gasteiger partial charge is 0.497 e. The molecule has 1 aromatic carbocycles. The zero-order chi connectivity index (χ0) is 16.6. The minimum absolute atomic E-state index is 0.520. The Morgan fingerprint density at radius 1 is 1.48 bits per heavy atom. The molecule has 23 heavy (non-hydrogen) atoms. The summed E-state index contributed by atoms with van der Waals surface area (Å²) in [5, 5.41) is 9.96. The molecule has 0 bridgehead atoms. The molecule has 1 aliphatic carbocycles. The van der Waals surface area contributed by atoms with E-state index in [4.69, 9.17) is 9.84 Å². The summed E-state index contributed by atoms with van der Waals surface area (Å²) in [6, 6.07) is 3.52. The van der Waals surface area contributed by atoms with Crippen LogP contribution >= 0.6 is 11.8 Å². The maximum Gasteiger partial charge on any atom is 0.329 e. The first-order valence-corrected chi connectivity index (χ1v) is 8.45. The van der Waals surface area contributed by atoms with E-state index in [1.54, 1.807) is 7.11 Å². The summed E-state index contributed by atoms with van der Waals surface area (Å²) in [7, 11) is 5.76. The van der Waals surface area contributed by atoms with Crippen LogP contribution in [0, 0.1) is 0 Å². The number of aliphatic imine (C=N–C) groups is 1. The van der Waals surface area contributed by atoms with Crippen molar-refractivity contribution in [3.05, 3.63) is 34.4 Å². The fourth-order valence-electron chi connectivity index (χ4n) is 2.91. The smallest absolute Gasteiger partial charge is 0.329 e. The lowest BCUT2D eigenvalue weighted by Gasteiger charge is -2.14. The van der Waals surface area contributed by atoms with Crippen LogP contribution in [0.2, 0.25) is 0 Å². The third-order valence-electron chi connectivity index (χ3n) is 3.96. The third-order valence-corrected chi connectivity index (χ3v) is 5.08. The highest BCUT2D eigenvalue weighted by atomic mass is 32.2. The van der Waals surface area contributed by atoms with Crippen LogP contribution in [0.25, 0.3) is 6.08 Å². The van der Waals surface area contributed by atoms with Crippen molar-refractivity contribution in [2.24, 2.45) is 4.99 Å². The lowest BCUT2D eigenvalue weighted by Crippen LogP contribution is -2.17. The van der Waals surface area contributed by atoms with Crippen LogP contribution in [-0.2, 0) is 17.8 Å². The predicted octanol–water partition coefficient (Wildman–Crippen LogP) is 2.29. The molecule has 122 valence electrons. The number of benzene rings is 1. The van der Waals surface area contributed by atoms with Crippen molar-refractivity contribution in [1.82, 2.24) is 4.90 Å². The van der Waals surface area contributed by atoms with Gasteiger partial charge in [0.1, 0.15) is 5.75 Å². The number of hydrogen-bond donors (Lipinski definition) is 1. The maximum absolute atomic E-state index is 11.1. The van der Waals surface area contributed by atoms with Gasteiger partial charge >= 0.3 is 5.97 Å². The molecule has 0 fully saturated rings. The number of thioether (sulfide) groups is 1. The molecule has 1 N–H and O–H groups in total. The highest BCUT2D eigenvalue weighted by molar-refractivity contribution is 8.14. The van der Waals surface area contributed by atoms with Crippen LogP contribution in [0.3, 0.4) is 0 Å². The first-order valence-electron chi connectivity index (χ1n) is 7.46. The molecule has 6 heteroatoms. The van der Waals surface area contributed by atoms with Gasteiger partial charge in [-0.2, -0.15) is 0 Å². The zero-order valence-electron chi connectivity index (χ0n) is 13.5. The normalized spacial score (nSPS) is 19.6. The van der Waals surface area contributed by atoms with Crippen molar-refractivity contribution in [3.63, 3.8) is 0 Å². The zero-order valence-corrected chi connectivity index (χ0v) is 14.3. The molecule has 1 heterocycles. The van der Waals surface area contributed by atoms with E-state index in [1.807, 2.05) is 14.1 Å². The summed E-state index contributed by atoms with van der Waals surface area (Å²) in [5.74, 6) is 0.532. The molecule has 2 aliphatic rings. The van der Waals surface area contributed by atoms with E-state index in [0.717, 1.165) is 29.3 Å². The molecule has 0 unspecified atom stereocenters. The van der Waals surface area contributed by atoms with Gasteiger partial charge in [0.05, 0.1) is 12.2 Å². The van der Waals surface area contributed by atoms with E-state index in [9.17, 15) is 4.79 Å². The molecule has 0 amide bonds. The maximum atomic E-state index is 11.1. The summed E-state index contributed by atoms with van der Waals surface area (Å²) in [6.07, 6.45) is 2.94.